The minimum absolute atomic E-state index is 0.0796. The van der Waals surface area contributed by atoms with Gasteiger partial charge < -0.3 is 19.3 Å². The van der Waals surface area contributed by atoms with Crippen LogP contribution < -0.4 is 0 Å². The Morgan fingerprint density at radius 3 is 2.53 bits per heavy atom. The number of fused-ring (bicyclic) bond motifs is 3. The molecule has 0 radical (unpaired) electrons. The second-order valence-corrected chi connectivity index (χ2v) is 11.1. The maximum absolute atomic E-state index is 15.6. The van der Waals surface area contributed by atoms with Crippen LogP contribution in [0.15, 0.2) is 11.6 Å². The van der Waals surface area contributed by atoms with Gasteiger partial charge in [0.1, 0.15) is 17.9 Å². The minimum atomic E-state index is -2.11. The Morgan fingerprint density at radius 1 is 1.18 bits per heavy atom. The fourth-order valence-corrected chi connectivity index (χ4v) is 8.10. The highest BCUT2D eigenvalue weighted by atomic mass is 19.1. The van der Waals surface area contributed by atoms with E-state index in [1.54, 1.807) is 6.92 Å². The highest BCUT2D eigenvalue weighted by molar-refractivity contribution is 5.93. The van der Waals surface area contributed by atoms with E-state index in [1.165, 1.54) is 13.0 Å². The van der Waals surface area contributed by atoms with E-state index in [1.807, 2.05) is 6.92 Å². The van der Waals surface area contributed by atoms with Crippen LogP contribution in [0.25, 0.3) is 0 Å². The molecule has 0 unspecified atom stereocenters. The third-order valence-electron chi connectivity index (χ3n) is 9.65. The number of hydrogen-bond acceptors (Lipinski definition) is 8. The van der Waals surface area contributed by atoms with Crippen molar-refractivity contribution in [3.63, 3.8) is 0 Å². The molecule has 186 valence electrons. The number of Topliss-reactive ketones (excluding diaryl/α,β-unsaturated/α-hetero) is 1. The van der Waals surface area contributed by atoms with Gasteiger partial charge in [-0.3, -0.25) is 19.2 Å². The lowest BCUT2D eigenvalue weighted by Crippen LogP contribution is -2.65. The van der Waals surface area contributed by atoms with Crippen LogP contribution in [0.1, 0.15) is 59.8 Å². The lowest BCUT2D eigenvalue weighted by Gasteiger charge is -2.57. The second-order valence-electron chi connectivity index (χ2n) is 11.1. The topological polar surface area (TPSA) is 120 Å². The fourth-order valence-electron chi connectivity index (χ4n) is 8.10. The summed E-state index contributed by atoms with van der Waals surface area (Å²) in [5.74, 6) is -2.84. The zero-order valence-corrected chi connectivity index (χ0v) is 19.9. The van der Waals surface area contributed by atoms with Gasteiger partial charge in [-0.25, -0.2) is 4.39 Å². The normalized spacial score (nSPS) is 48.5. The Bertz CT molecular complexity index is 1020. The minimum Gasteiger partial charge on any atom is -0.459 e. The van der Waals surface area contributed by atoms with E-state index in [-0.39, 0.29) is 36.6 Å². The summed E-state index contributed by atoms with van der Waals surface area (Å²) in [7, 11) is 0. The first-order valence-electron chi connectivity index (χ1n) is 11.9. The molecule has 4 fully saturated rings. The first-order chi connectivity index (χ1) is 15.8. The molecule has 9 heteroatoms. The van der Waals surface area contributed by atoms with Gasteiger partial charge in [0.05, 0.1) is 6.10 Å². The van der Waals surface area contributed by atoms with Gasteiger partial charge in [0.2, 0.25) is 5.78 Å². The Balaban J connectivity index is 1.57. The summed E-state index contributed by atoms with van der Waals surface area (Å²) >= 11 is 0. The number of carbonyl (C=O) groups is 4. The third-order valence-corrected chi connectivity index (χ3v) is 9.65. The number of hydrogen-bond donors (Lipinski definition) is 1. The average molecular weight is 479 g/mol. The summed E-state index contributed by atoms with van der Waals surface area (Å²) < 4.78 is 32.3. The molecule has 9 atom stereocenters. The van der Waals surface area contributed by atoms with Gasteiger partial charge in [-0.05, 0) is 49.2 Å². The van der Waals surface area contributed by atoms with Gasteiger partial charge in [0.15, 0.2) is 18.0 Å². The lowest BCUT2D eigenvalue weighted by atomic mass is 9.45. The lowest BCUT2D eigenvalue weighted by molar-refractivity contribution is -0.187. The van der Waals surface area contributed by atoms with Gasteiger partial charge in [0, 0.05) is 31.1 Å². The summed E-state index contributed by atoms with van der Waals surface area (Å²) in [6.45, 7) is 5.45. The van der Waals surface area contributed by atoms with Crippen LogP contribution in [0.2, 0.25) is 0 Å². The van der Waals surface area contributed by atoms with Crippen molar-refractivity contribution in [1.29, 1.82) is 0 Å². The Labute approximate surface area is 197 Å². The highest BCUT2D eigenvalue weighted by Gasteiger charge is 2.84. The molecule has 0 amide bonds. The van der Waals surface area contributed by atoms with Crippen LogP contribution in [0, 0.1) is 22.7 Å². The van der Waals surface area contributed by atoms with E-state index in [2.05, 4.69) is 0 Å². The van der Waals surface area contributed by atoms with Gasteiger partial charge in [-0.2, -0.15) is 0 Å². The SMILES string of the molecule is CC(=O)OCC(=O)[C@@]1(O)[C@H](OC(C)=O)C[C@H]2[C@@H]3C[C@H](F)C4=CC(=O)CC[C@]4(C)[C@@]34O[C@H]4C[C@@]21C. The monoisotopic (exact) mass is 478 g/mol. The molecule has 8 nitrogen and oxygen atoms in total. The van der Waals surface area contributed by atoms with E-state index in [0.29, 0.717) is 24.8 Å². The van der Waals surface area contributed by atoms with Crippen molar-refractivity contribution in [3.8, 4) is 0 Å². The average Bonchev–Trinajstić information content (AvgIpc) is 3.43. The molecule has 0 bridgehead atoms. The van der Waals surface area contributed by atoms with Crippen LogP contribution in [-0.4, -0.2) is 64.8 Å². The van der Waals surface area contributed by atoms with Gasteiger partial charge >= 0.3 is 11.9 Å². The zero-order chi connectivity index (χ0) is 24.8. The summed E-state index contributed by atoms with van der Waals surface area (Å²) in [6.07, 6.45) is 0.00868. The second kappa shape index (κ2) is 7.20. The summed E-state index contributed by atoms with van der Waals surface area (Å²) in [6, 6.07) is 0. The van der Waals surface area contributed by atoms with E-state index < -0.39 is 58.6 Å². The number of esters is 2. The Morgan fingerprint density at radius 2 is 1.88 bits per heavy atom. The van der Waals surface area contributed by atoms with E-state index in [4.69, 9.17) is 14.2 Å². The van der Waals surface area contributed by atoms with Crippen LogP contribution in [0.4, 0.5) is 4.39 Å². The molecule has 4 aliphatic carbocycles. The van der Waals surface area contributed by atoms with Crippen molar-refractivity contribution < 1.29 is 42.9 Å². The zero-order valence-electron chi connectivity index (χ0n) is 19.9. The molecule has 0 aromatic rings. The van der Waals surface area contributed by atoms with Crippen LogP contribution >= 0.6 is 0 Å². The van der Waals surface area contributed by atoms with Crippen molar-refractivity contribution >= 4 is 23.5 Å². The Hall–Kier alpha value is -2.13. The number of epoxide rings is 1. The predicted octanol–water partition coefficient (Wildman–Crippen LogP) is 2.00. The molecule has 1 heterocycles. The predicted molar refractivity (Wildman–Crippen MR) is 114 cm³/mol. The van der Waals surface area contributed by atoms with E-state index in [9.17, 15) is 24.3 Å². The number of ether oxygens (including phenoxy) is 3. The summed E-state index contributed by atoms with van der Waals surface area (Å²) in [5.41, 5.74) is -4.04. The maximum Gasteiger partial charge on any atom is 0.303 e. The first-order valence-corrected chi connectivity index (χ1v) is 11.9. The standard InChI is InChI=1S/C25H31FO8/c1-12(27)32-11-19(30)24(31)20(33-13(2)28)9-15-16-8-18(26)17-7-14(29)5-6-22(17,3)25(16)21(34-25)10-23(15,24)4/h7,15-16,18,20-21,31H,5-6,8-11H2,1-4H3/t15-,16-,18-,20+,21-,22-,23-,24+,25+/m0/s1. The molecule has 5 aliphatic rings. The fraction of sp³-hybridized carbons (Fsp3) is 0.760. The third kappa shape index (κ3) is 2.77. The summed E-state index contributed by atoms with van der Waals surface area (Å²) in [5, 5.41) is 11.9. The van der Waals surface area contributed by atoms with Crippen molar-refractivity contribution in [2.75, 3.05) is 6.61 Å². The van der Waals surface area contributed by atoms with E-state index in [0.717, 1.165) is 6.92 Å². The number of alkyl halides is 1. The van der Waals surface area contributed by atoms with Crippen LogP contribution in [0.5, 0.6) is 0 Å². The van der Waals surface area contributed by atoms with Crippen molar-refractivity contribution in [1.82, 2.24) is 0 Å². The molecular weight excluding hydrogens is 447 g/mol. The number of carbonyl (C=O) groups excluding carboxylic acids is 4. The molecule has 1 aliphatic heterocycles. The Kier molecular flexibility index (Phi) is 5.00. The molecule has 3 saturated carbocycles. The van der Waals surface area contributed by atoms with Crippen molar-refractivity contribution in [2.24, 2.45) is 22.7 Å². The van der Waals surface area contributed by atoms with Crippen molar-refractivity contribution in [2.45, 2.75) is 89.4 Å². The van der Waals surface area contributed by atoms with Gasteiger partial charge in [0.25, 0.3) is 0 Å². The smallest absolute Gasteiger partial charge is 0.303 e. The highest BCUT2D eigenvalue weighted by Crippen LogP contribution is 2.76. The quantitative estimate of drug-likeness (QED) is 0.481. The largest absolute Gasteiger partial charge is 0.459 e. The molecule has 0 aromatic heterocycles. The number of halogens is 1. The molecule has 1 saturated heterocycles. The van der Waals surface area contributed by atoms with Crippen LogP contribution in [-0.2, 0) is 33.4 Å². The molecule has 0 aromatic carbocycles. The molecule has 34 heavy (non-hydrogen) atoms. The van der Waals surface area contributed by atoms with Crippen molar-refractivity contribution in [3.05, 3.63) is 11.6 Å². The number of ketones is 2. The van der Waals surface area contributed by atoms with Gasteiger partial charge in [-0.15, -0.1) is 0 Å². The summed E-state index contributed by atoms with van der Waals surface area (Å²) in [4.78, 5) is 48.6. The molecule has 1 spiro atoms. The molecular formula is C25H31FO8. The molecule has 5 rings (SSSR count). The van der Waals surface area contributed by atoms with Gasteiger partial charge in [-0.1, -0.05) is 13.8 Å². The maximum atomic E-state index is 15.6. The number of aliphatic hydroxyl groups is 1. The number of rotatable bonds is 4. The first kappa shape index (κ1) is 23.6. The molecule has 1 N–H and O–H groups in total. The van der Waals surface area contributed by atoms with E-state index >= 15 is 4.39 Å². The van der Waals surface area contributed by atoms with Crippen LogP contribution in [0.3, 0.4) is 0 Å².